The summed E-state index contributed by atoms with van der Waals surface area (Å²) in [5.41, 5.74) is 1.99. The van der Waals surface area contributed by atoms with Crippen molar-refractivity contribution in [2.45, 2.75) is 46.8 Å². The maximum atomic E-state index is 13.2. The van der Waals surface area contributed by atoms with E-state index in [0.717, 1.165) is 5.56 Å². The lowest BCUT2D eigenvalue weighted by Gasteiger charge is -2.26. The van der Waals surface area contributed by atoms with E-state index in [-0.39, 0.29) is 30.6 Å². The van der Waals surface area contributed by atoms with E-state index in [2.05, 4.69) is 0 Å². The second kappa shape index (κ2) is 11.2. The molecule has 1 amide bonds. The normalized spacial score (nSPS) is 17.5. The van der Waals surface area contributed by atoms with Crippen LogP contribution in [0.15, 0.2) is 48.0 Å². The molecule has 1 aliphatic rings. The fourth-order valence-electron chi connectivity index (χ4n) is 4.05. The lowest BCUT2D eigenvalue weighted by Crippen LogP contribution is -2.33. The first-order valence-electron chi connectivity index (χ1n) is 11.6. The summed E-state index contributed by atoms with van der Waals surface area (Å²) in [7, 11) is 0. The molecule has 0 radical (unpaired) electrons. The third kappa shape index (κ3) is 5.42. The van der Waals surface area contributed by atoms with Gasteiger partial charge < -0.3 is 24.2 Å². The molecule has 0 spiro atoms. The number of carbonyl (C=O) groups is 2. The summed E-state index contributed by atoms with van der Waals surface area (Å²) in [6.07, 6.45) is -0.0108. The van der Waals surface area contributed by atoms with Gasteiger partial charge in [-0.15, -0.1) is 0 Å². The molecule has 2 aromatic carbocycles. The van der Waals surface area contributed by atoms with Crippen molar-refractivity contribution in [2.75, 3.05) is 26.4 Å². The Morgan fingerprint density at radius 1 is 1.06 bits per heavy atom. The summed E-state index contributed by atoms with van der Waals surface area (Å²) < 4.78 is 16.9. The minimum absolute atomic E-state index is 0.0108. The molecule has 1 saturated heterocycles. The van der Waals surface area contributed by atoms with Crippen LogP contribution in [0.3, 0.4) is 0 Å². The molecule has 0 aromatic heterocycles. The zero-order valence-electron chi connectivity index (χ0n) is 20.5. The lowest BCUT2D eigenvalue weighted by molar-refractivity contribution is -0.140. The first kappa shape index (κ1) is 25.3. The maximum Gasteiger partial charge on any atom is 0.295 e. The molecular weight excluding hydrogens is 434 g/mol. The van der Waals surface area contributed by atoms with E-state index in [4.69, 9.17) is 14.2 Å². The molecule has 2 aromatic rings. The van der Waals surface area contributed by atoms with Gasteiger partial charge in [0.05, 0.1) is 37.5 Å². The minimum atomic E-state index is -0.761. The van der Waals surface area contributed by atoms with Gasteiger partial charge in [0.1, 0.15) is 17.3 Å². The predicted molar refractivity (Wildman–Crippen MR) is 130 cm³/mol. The largest absolute Gasteiger partial charge is 0.507 e. The van der Waals surface area contributed by atoms with Crippen LogP contribution in [0.4, 0.5) is 0 Å². The number of ether oxygens (including phenoxy) is 3. The van der Waals surface area contributed by atoms with Crippen LogP contribution in [0, 0.1) is 6.92 Å². The average molecular weight is 468 g/mol. The number of hydrogen-bond acceptors (Lipinski definition) is 6. The quantitative estimate of drug-likeness (QED) is 0.311. The SMILES string of the molecule is CCOc1cccc(C2/C(=C(\O)c3ccc(OCC)c(C)c3)C(=O)C(=O)N2CCOC(C)C)c1. The molecule has 0 bridgehead atoms. The Morgan fingerprint density at radius 3 is 2.44 bits per heavy atom. The molecule has 1 N–H and O–H groups in total. The van der Waals surface area contributed by atoms with E-state index in [1.54, 1.807) is 24.3 Å². The molecule has 1 unspecified atom stereocenters. The highest BCUT2D eigenvalue weighted by Gasteiger charge is 2.46. The number of nitrogens with zero attached hydrogens (tertiary/aromatic N) is 1. The molecule has 0 saturated carbocycles. The number of aryl methyl sites for hydroxylation is 1. The number of rotatable bonds is 10. The summed E-state index contributed by atoms with van der Waals surface area (Å²) in [5, 5.41) is 11.3. The minimum Gasteiger partial charge on any atom is -0.507 e. The monoisotopic (exact) mass is 467 g/mol. The summed E-state index contributed by atoms with van der Waals surface area (Å²) in [6.45, 7) is 11.0. The van der Waals surface area contributed by atoms with Crippen LogP contribution in [0.25, 0.3) is 5.76 Å². The van der Waals surface area contributed by atoms with Gasteiger partial charge in [-0.25, -0.2) is 0 Å². The van der Waals surface area contributed by atoms with Gasteiger partial charge in [0.25, 0.3) is 11.7 Å². The smallest absolute Gasteiger partial charge is 0.295 e. The summed E-state index contributed by atoms with van der Waals surface area (Å²) in [6, 6.07) is 11.7. The van der Waals surface area contributed by atoms with Crippen LogP contribution in [0.2, 0.25) is 0 Å². The molecule has 3 rings (SSSR count). The van der Waals surface area contributed by atoms with Crippen molar-refractivity contribution in [1.82, 2.24) is 4.90 Å². The second-order valence-electron chi connectivity index (χ2n) is 8.33. The highest BCUT2D eigenvalue weighted by Crippen LogP contribution is 2.40. The van der Waals surface area contributed by atoms with E-state index < -0.39 is 17.7 Å². The number of aliphatic hydroxyl groups is 1. The molecule has 1 fully saturated rings. The van der Waals surface area contributed by atoms with Gasteiger partial charge in [-0.05, 0) is 76.1 Å². The van der Waals surface area contributed by atoms with E-state index in [1.807, 2.05) is 52.8 Å². The van der Waals surface area contributed by atoms with Crippen LogP contribution in [-0.2, 0) is 14.3 Å². The molecule has 1 atom stereocenters. The third-order valence-corrected chi connectivity index (χ3v) is 5.56. The maximum absolute atomic E-state index is 13.2. The Bertz CT molecular complexity index is 1070. The average Bonchev–Trinajstić information content (AvgIpc) is 3.05. The van der Waals surface area contributed by atoms with Crippen molar-refractivity contribution in [2.24, 2.45) is 0 Å². The number of hydrogen-bond donors (Lipinski definition) is 1. The number of likely N-dealkylation sites (tertiary alicyclic amines) is 1. The molecule has 7 nitrogen and oxygen atoms in total. The molecule has 1 aliphatic heterocycles. The standard InChI is InChI=1S/C27H33NO6/c1-6-32-21-10-8-9-19(16-21)24-23(26(30)27(31)28(24)13-14-34-17(3)4)25(29)20-11-12-22(33-7-2)18(5)15-20/h8-12,15-17,24,29H,6-7,13-14H2,1-5H3/b25-23+. The Kier molecular flexibility index (Phi) is 8.34. The van der Waals surface area contributed by atoms with Crippen molar-refractivity contribution >= 4 is 17.4 Å². The lowest BCUT2D eigenvalue weighted by atomic mass is 9.94. The van der Waals surface area contributed by atoms with E-state index in [9.17, 15) is 14.7 Å². The van der Waals surface area contributed by atoms with Crippen LogP contribution in [0.1, 0.15) is 50.4 Å². The first-order chi connectivity index (χ1) is 16.3. The Morgan fingerprint density at radius 2 is 1.79 bits per heavy atom. The number of Topliss-reactive ketones (excluding diaryl/α,β-unsaturated/α-hetero) is 1. The predicted octanol–water partition coefficient (Wildman–Crippen LogP) is 4.64. The van der Waals surface area contributed by atoms with Gasteiger partial charge >= 0.3 is 0 Å². The van der Waals surface area contributed by atoms with Gasteiger partial charge in [-0.1, -0.05) is 12.1 Å². The van der Waals surface area contributed by atoms with Gasteiger partial charge in [0.15, 0.2) is 0 Å². The Balaban J connectivity index is 2.10. The van der Waals surface area contributed by atoms with Gasteiger partial charge in [0, 0.05) is 12.1 Å². The third-order valence-electron chi connectivity index (χ3n) is 5.56. The van der Waals surface area contributed by atoms with E-state index in [1.165, 1.54) is 4.90 Å². The Labute approximate surface area is 200 Å². The summed E-state index contributed by atoms with van der Waals surface area (Å²) >= 11 is 0. The number of aliphatic hydroxyl groups excluding tert-OH is 1. The number of benzene rings is 2. The number of amides is 1. The molecule has 182 valence electrons. The first-order valence-corrected chi connectivity index (χ1v) is 11.6. The van der Waals surface area contributed by atoms with E-state index >= 15 is 0 Å². The zero-order chi connectivity index (χ0) is 24.8. The van der Waals surface area contributed by atoms with Crippen LogP contribution in [-0.4, -0.2) is 54.2 Å². The fourth-order valence-corrected chi connectivity index (χ4v) is 4.05. The topological polar surface area (TPSA) is 85.3 Å². The molecule has 0 aliphatic carbocycles. The van der Waals surface area contributed by atoms with Crippen molar-refractivity contribution in [3.63, 3.8) is 0 Å². The van der Waals surface area contributed by atoms with Gasteiger partial charge in [-0.2, -0.15) is 0 Å². The van der Waals surface area contributed by atoms with Crippen molar-refractivity contribution in [3.05, 3.63) is 64.7 Å². The van der Waals surface area contributed by atoms with Gasteiger partial charge in [-0.3, -0.25) is 9.59 Å². The van der Waals surface area contributed by atoms with Crippen molar-refractivity contribution in [3.8, 4) is 11.5 Å². The number of carbonyl (C=O) groups excluding carboxylic acids is 2. The molecule has 7 heteroatoms. The van der Waals surface area contributed by atoms with Crippen LogP contribution < -0.4 is 9.47 Å². The van der Waals surface area contributed by atoms with Crippen LogP contribution >= 0.6 is 0 Å². The molecule has 34 heavy (non-hydrogen) atoms. The van der Waals surface area contributed by atoms with Crippen LogP contribution in [0.5, 0.6) is 11.5 Å². The highest BCUT2D eigenvalue weighted by atomic mass is 16.5. The Hall–Kier alpha value is -3.32. The van der Waals surface area contributed by atoms with Crippen molar-refractivity contribution < 1.29 is 28.9 Å². The number of ketones is 1. The van der Waals surface area contributed by atoms with Crippen molar-refractivity contribution in [1.29, 1.82) is 0 Å². The van der Waals surface area contributed by atoms with Gasteiger partial charge in [0.2, 0.25) is 0 Å². The highest BCUT2D eigenvalue weighted by molar-refractivity contribution is 6.46. The summed E-state index contributed by atoms with van der Waals surface area (Å²) in [4.78, 5) is 27.7. The fraction of sp³-hybridized carbons (Fsp3) is 0.407. The molecular formula is C27H33NO6. The molecule has 1 heterocycles. The zero-order valence-corrected chi connectivity index (χ0v) is 20.5. The summed E-state index contributed by atoms with van der Waals surface area (Å²) in [5.74, 6) is -0.278. The van der Waals surface area contributed by atoms with E-state index in [0.29, 0.717) is 35.8 Å². The second-order valence-corrected chi connectivity index (χ2v) is 8.33.